The molecule has 4 aromatic rings. The average molecular weight is 624 g/mol. The molecule has 0 unspecified atom stereocenters. The molecule has 1 aliphatic heterocycles. The number of thiazole rings is 1. The summed E-state index contributed by atoms with van der Waals surface area (Å²) in [6.07, 6.45) is 1.81. The van der Waals surface area contributed by atoms with E-state index in [-0.39, 0.29) is 12.2 Å². The normalized spacial score (nSPS) is 15.1. The molecule has 0 saturated heterocycles. The quantitative estimate of drug-likeness (QED) is 0.244. The number of ether oxygens (including phenoxy) is 2. The van der Waals surface area contributed by atoms with Crippen LogP contribution in [-0.2, 0) is 16.1 Å². The largest absolute Gasteiger partial charge is 0.489 e. The minimum Gasteiger partial charge on any atom is -0.489 e. The maximum atomic E-state index is 13.8. The lowest BCUT2D eigenvalue weighted by atomic mass is 9.96. The first-order valence-corrected chi connectivity index (χ1v) is 14.3. The molecule has 1 atom stereocenters. The summed E-state index contributed by atoms with van der Waals surface area (Å²) in [5.74, 6) is 0.169. The van der Waals surface area contributed by atoms with Crippen LogP contribution >= 0.6 is 38.9 Å². The van der Waals surface area contributed by atoms with Crippen molar-refractivity contribution in [2.75, 3.05) is 6.61 Å². The van der Waals surface area contributed by atoms with Gasteiger partial charge in [-0.3, -0.25) is 9.36 Å². The van der Waals surface area contributed by atoms with Crippen molar-refractivity contribution in [1.82, 2.24) is 4.57 Å². The SMILES string of the molecule is CCOC(=O)C1=C(C)N=c2s/c(=C\c3cccc(OCc4ccc(Br)cc4)c3)c(=O)n2[C@H]1c1ccccc1Cl. The van der Waals surface area contributed by atoms with Crippen molar-refractivity contribution in [2.45, 2.75) is 26.5 Å². The summed E-state index contributed by atoms with van der Waals surface area (Å²) in [6, 6.07) is 21.9. The van der Waals surface area contributed by atoms with E-state index in [4.69, 9.17) is 21.1 Å². The molecule has 0 N–H and O–H groups in total. The first-order valence-electron chi connectivity index (χ1n) is 12.3. The highest BCUT2D eigenvalue weighted by Gasteiger charge is 2.34. The van der Waals surface area contributed by atoms with Crippen LogP contribution in [0.25, 0.3) is 6.08 Å². The fourth-order valence-electron chi connectivity index (χ4n) is 4.38. The van der Waals surface area contributed by atoms with Crippen LogP contribution in [0.1, 0.15) is 36.6 Å². The predicted molar refractivity (Wildman–Crippen MR) is 157 cm³/mol. The zero-order chi connectivity index (χ0) is 27.5. The lowest BCUT2D eigenvalue weighted by Gasteiger charge is -2.25. The van der Waals surface area contributed by atoms with Gasteiger partial charge in [-0.25, -0.2) is 9.79 Å². The maximum Gasteiger partial charge on any atom is 0.338 e. The topological polar surface area (TPSA) is 69.9 Å². The Kier molecular flexibility index (Phi) is 8.16. The molecule has 198 valence electrons. The van der Waals surface area contributed by atoms with Crippen molar-refractivity contribution in [3.05, 3.63) is 130 Å². The second-order valence-electron chi connectivity index (χ2n) is 8.81. The van der Waals surface area contributed by atoms with Crippen molar-refractivity contribution in [3.63, 3.8) is 0 Å². The minimum absolute atomic E-state index is 0.204. The molecule has 5 rings (SSSR count). The number of carbonyl (C=O) groups excluding carboxylic acids is 1. The summed E-state index contributed by atoms with van der Waals surface area (Å²) in [6.45, 7) is 4.12. The third-order valence-electron chi connectivity index (χ3n) is 6.19. The summed E-state index contributed by atoms with van der Waals surface area (Å²) < 4.78 is 14.3. The standard InChI is InChI=1S/C30H24BrClN2O4S/c1-3-37-29(36)26-18(2)33-30-34(27(26)23-9-4-5-10-24(23)32)28(35)25(39-30)16-20-7-6-8-22(15-20)38-17-19-11-13-21(31)14-12-19/h4-16,27H,3,17H2,1-2H3/b25-16-/t27-/m0/s1. The Morgan fingerprint density at radius 3 is 2.64 bits per heavy atom. The lowest BCUT2D eigenvalue weighted by molar-refractivity contribution is -0.139. The molecular formula is C30H24BrClN2O4S. The summed E-state index contributed by atoms with van der Waals surface area (Å²) in [5, 5.41) is 0.448. The Labute approximate surface area is 242 Å². The first-order chi connectivity index (χ1) is 18.9. The molecule has 0 fully saturated rings. The number of benzene rings is 3. The summed E-state index contributed by atoms with van der Waals surface area (Å²) >= 11 is 11.3. The molecular weight excluding hydrogens is 600 g/mol. The Balaban J connectivity index is 1.55. The van der Waals surface area contributed by atoms with Crippen molar-refractivity contribution in [2.24, 2.45) is 4.99 Å². The molecule has 0 spiro atoms. The number of nitrogens with zero attached hydrogens (tertiary/aromatic N) is 2. The van der Waals surface area contributed by atoms with E-state index in [9.17, 15) is 9.59 Å². The van der Waals surface area contributed by atoms with Crippen LogP contribution < -0.4 is 19.6 Å². The average Bonchev–Trinajstić information content (AvgIpc) is 3.22. The van der Waals surface area contributed by atoms with Gasteiger partial charge in [0.1, 0.15) is 18.4 Å². The molecule has 3 aromatic carbocycles. The van der Waals surface area contributed by atoms with Crippen molar-refractivity contribution in [1.29, 1.82) is 0 Å². The second-order valence-corrected chi connectivity index (χ2v) is 11.1. The van der Waals surface area contributed by atoms with Crippen molar-refractivity contribution >= 4 is 50.9 Å². The van der Waals surface area contributed by atoms with Gasteiger partial charge in [0.2, 0.25) is 0 Å². The molecule has 0 radical (unpaired) electrons. The third-order valence-corrected chi connectivity index (χ3v) is 8.05. The number of rotatable bonds is 7. The van der Waals surface area contributed by atoms with E-state index in [0.29, 0.717) is 43.5 Å². The van der Waals surface area contributed by atoms with Gasteiger partial charge in [-0.1, -0.05) is 81.3 Å². The van der Waals surface area contributed by atoms with Gasteiger partial charge in [-0.2, -0.15) is 0 Å². The second kappa shape index (κ2) is 11.7. The van der Waals surface area contributed by atoms with Crippen LogP contribution in [0.4, 0.5) is 0 Å². The number of hydrogen-bond acceptors (Lipinski definition) is 6. The number of carbonyl (C=O) groups is 1. The van der Waals surface area contributed by atoms with Gasteiger partial charge in [0, 0.05) is 9.50 Å². The monoisotopic (exact) mass is 622 g/mol. The molecule has 0 bridgehead atoms. The van der Waals surface area contributed by atoms with E-state index in [2.05, 4.69) is 20.9 Å². The number of fused-ring (bicyclic) bond motifs is 1. The van der Waals surface area contributed by atoms with E-state index in [1.54, 1.807) is 19.9 Å². The highest BCUT2D eigenvalue weighted by molar-refractivity contribution is 9.10. The number of halogens is 2. The smallest absolute Gasteiger partial charge is 0.338 e. The lowest BCUT2D eigenvalue weighted by Crippen LogP contribution is -2.40. The van der Waals surface area contributed by atoms with Crippen LogP contribution in [0.15, 0.2) is 98.3 Å². The Morgan fingerprint density at radius 1 is 1.13 bits per heavy atom. The van der Waals surface area contributed by atoms with Crippen LogP contribution in [0.3, 0.4) is 0 Å². The van der Waals surface area contributed by atoms with E-state index in [1.807, 2.05) is 72.8 Å². The number of hydrogen-bond donors (Lipinski definition) is 0. The van der Waals surface area contributed by atoms with E-state index < -0.39 is 12.0 Å². The Morgan fingerprint density at radius 2 is 1.90 bits per heavy atom. The molecule has 2 heterocycles. The van der Waals surface area contributed by atoms with E-state index >= 15 is 0 Å². The van der Waals surface area contributed by atoms with Crippen molar-refractivity contribution in [3.8, 4) is 5.75 Å². The molecule has 39 heavy (non-hydrogen) atoms. The Hall–Kier alpha value is -3.46. The van der Waals surface area contributed by atoms with E-state index in [0.717, 1.165) is 15.6 Å². The summed E-state index contributed by atoms with van der Waals surface area (Å²) in [7, 11) is 0. The van der Waals surface area contributed by atoms with Gasteiger partial charge in [0.25, 0.3) is 5.56 Å². The fraction of sp³-hybridized carbons (Fsp3) is 0.167. The van der Waals surface area contributed by atoms with Crippen LogP contribution in [0.2, 0.25) is 5.02 Å². The van der Waals surface area contributed by atoms with E-state index in [1.165, 1.54) is 15.9 Å². The minimum atomic E-state index is -0.753. The van der Waals surface area contributed by atoms with Gasteiger partial charge < -0.3 is 9.47 Å². The predicted octanol–water partition coefficient (Wildman–Crippen LogP) is 5.79. The molecule has 9 heteroatoms. The molecule has 1 aliphatic rings. The van der Waals surface area contributed by atoms with Crippen LogP contribution in [-0.4, -0.2) is 17.1 Å². The fourth-order valence-corrected chi connectivity index (χ4v) is 5.93. The zero-order valence-corrected chi connectivity index (χ0v) is 24.3. The molecule has 6 nitrogen and oxygen atoms in total. The molecule has 0 amide bonds. The molecule has 0 aliphatic carbocycles. The molecule has 0 saturated carbocycles. The number of esters is 1. The number of aromatic nitrogens is 1. The van der Waals surface area contributed by atoms with Crippen molar-refractivity contribution < 1.29 is 14.3 Å². The summed E-state index contributed by atoms with van der Waals surface area (Å²) in [4.78, 5) is 31.9. The van der Waals surface area contributed by atoms with Gasteiger partial charge in [0.15, 0.2) is 4.80 Å². The third kappa shape index (κ3) is 5.78. The molecule has 1 aromatic heterocycles. The number of allylic oxidation sites excluding steroid dienone is 1. The van der Waals surface area contributed by atoms with Crippen LogP contribution in [0.5, 0.6) is 5.75 Å². The van der Waals surface area contributed by atoms with Gasteiger partial charge in [-0.15, -0.1) is 0 Å². The van der Waals surface area contributed by atoms with Gasteiger partial charge in [-0.05, 0) is 66.9 Å². The summed E-state index contributed by atoms with van der Waals surface area (Å²) in [5.41, 5.74) is 3.02. The van der Waals surface area contributed by atoms with Gasteiger partial charge >= 0.3 is 5.97 Å². The maximum absolute atomic E-state index is 13.8. The first kappa shape index (κ1) is 27.1. The Bertz CT molecular complexity index is 1760. The highest BCUT2D eigenvalue weighted by Crippen LogP contribution is 2.34. The zero-order valence-electron chi connectivity index (χ0n) is 21.2. The van der Waals surface area contributed by atoms with Crippen LogP contribution in [0, 0.1) is 0 Å². The highest BCUT2D eigenvalue weighted by atomic mass is 79.9. The van der Waals surface area contributed by atoms with Gasteiger partial charge in [0.05, 0.1) is 22.4 Å².